The van der Waals surface area contributed by atoms with Crippen molar-refractivity contribution >= 4 is 23.4 Å². The van der Waals surface area contributed by atoms with Crippen molar-refractivity contribution in [1.82, 2.24) is 15.1 Å². The maximum Gasteiger partial charge on any atom is 0.259 e. The van der Waals surface area contributed by atoms with Crippen molar-refractivity contribution in [2.75, 3.05) is 51.0 Å². The molecule has 5 aliphatic rings. The quantitative estimate of drug-likeness (QED) is 0.138. The number of unbranched alkanes of at least 4 members (excludes halogenated alkanes) is 2. The first-order valence-corrected chi connectivity index (χ1v) is 20.1. The lowest BCUT2D eigenvalue weighted by Crippen LogP contribution is -2.52. The molecule has 11 heteroatoms. The Hall–Kier alpha value is -5.55. The van der Waals surface area contributed by atoms with Gasteiger partial charge in [0, 0.05) is 45.1 Å². The number of fused-ring (bicyclic) bond motifs is 4. The number of benzene rings is 4. The van der Waals surface area contributed by atoms with Crippen LogP contribution in [0, 0.1) is 0 Å². The van der Waals surface area contributed by atoms with E-state index in [9.17, 15) is 19.5 Å². The van der Waals surface area contributed by atoms with Crippen LogP contribution in [0.15, 0.2) is 78.9 Å². The number of aryl methyl sites for hydroxylation is 1. The number of phenols is 1. The van der Waals surface area contributed by atoms with Crippen molar-refractivity contribution in [3.8, 4) is 23.0 Å². The number of nitrogens with zero attached hydrogens (tertiary/aromatic N) is 3. The van der Waals surface area contributed by atoms with Gasteiger partial charge >= 0.3 is 0 Å². The van der Waals surface area contributed by atoms with Crippen LogP contribution < -0.4 is 24.4 Å². The van der Waals surface area contributed by atoms with Gasteiger partial charge in [-0.3, -0.25) is 24.6 Å². The Morgan fingerprint density at radius 3 is 2.39 bits per heavy atom. The second-order valence-electron chi connectivity index (χ2n) is 15.6. The van der Waals surface area contributed by atoms with Gasteiger partial charge < -0.3 is 29.1 Å². The molecule has 4 aromatic rings. The second kappa shape index (κ2) is 15.5. The van der Waals surface area contributed by atoms with E-state index in [1.165, 1.54) is 22.3 Å². The molecule has 1 unspecified atom stereocenters. The summed E-state index contributed by atoms with van der Waals surface area (Å²) in [5, 5.41) is 12.5. The van der Waals surface area contributed by atoms with Crippen LogP contribution in [0.2, 0.25) is 0 Å². The molecule has 56 heavy (non-hydrogen) atoms. The van der Waals surface area contributed by atoms with Crippen LogP contribution in [0.25, 0.3) is 0 Å². The number of hydrogen-bond acceptors (Lipinski definition) is 9. The van der Waals surface area contributed by atoms with Gasteiger partial charge in [0.05, 0.1) is 17.9 Å². The first kappa shape index (κ1) is 36.1. The number of ether oxygens (including phenoxy) is 3. The molecule has 4 heterocycles. The molecule has 2 fully saturated rings. The molecule has 4 aromatic carbocycles. The molecule has 0 radical (unpaired) electrons. The maximum atomic E-state index is 13.5. The Bertz CT molecular complexity index is 2120. The van der Waals surface area contributed by atoms with Gasteiger partial charge in [0.1, 0.15) is 17.5 Å². The molecule has 0 spiro atoms. The van der Waals surface area contributed by atoms with Gasteiger partial charge in [-0.05, 0) is 109 Å². The van der Waals surface area contributed by atoms with E-state index in [2.05, 4.69) is 75.8 Å². The summed E-state index contributed by atoms with van der Waals surface area (Å²) in [6.07, 6.45) is 5.71. The number of carbonyl (C=O) groups is 3. The molecule has 3 atom stereocenters. The third kappa shape index (κ3) is 7.04. The van der Waals surface area contributed by atoms with Crippen molar-refractivity contribution in [2.45, 2.75) is 69.4 Å². The summed E-state index contributed by atoms with van der Waals surface area (Å²) in [4.78, 5) is 44.2. The van der Waals surface area contributed by atoms with E-state index in [0.29, 0.717) is 48.3 Å². The van der Waals surface area contributed by atoms with Crippen LogP contribution >= 0.6 is 0 Å². The maximum absolute atomic E-state index is 13.5. The van der Waals surface area contributed by atoms with Crippen LogP contribution in [0.4, 0.5) is 5.69 Å². The van der Waals surface area contributed by atoms with Gasteiger partial charge in [-0.1, -0.05) is 48.5 Å². The van der Waals surface area contributed by atoms with Crippen LogP contribution in [-0.4, -0.2) is 84.8 Å². The molecule has 0 bridgehead atoms. The highest BCUT2D eigenvalue weighted by molar-refractivity contribution is 6.07. The Kier molecular flexibility index (Phi) is 10.0. The van der Waals surface area contributed by atoms with Crippen LogP contribution in [-0.2, 0) is 22.6 Å². The SMILES string of the molecule is O=C1CCC(N2Cc3cc(N4CCN(CCCCCOc5ccc([C@@H]6c7ccc(O)cc7CC[C@@H]6c6ccccc6)cc5)CC4)c4c(c3C2=O)OCO4)C(=O)N1. The number of carbonyl (C=O) groups excluding carboxylic acids is 3. The molecule has 11 nitrogen and oxygen atoms in total. The average Bonchev–Trinajstić information content (AvgIpc) is 3.84. The first-order valence-electron chi connectivity index (χ1n) is 20.1. The standard InChI is InChI=1S/C45H48N4O7/c50-33-12-16-36-31(25-33)11-15-35(29-7-3-1-4-8-29)40(36)30-9-13-34(14-10-30)54-24-6-2-5-19-47-20-22-48(23-21-47)38-26-32-27-49(37-17-18-39(51)46-44(37)52)45(53)41(32)43-42(38)55-28-56-43/h1,3-4,7-10,12-14,16,25-26,35,37,40,50H,2,5-6,11,15,17-24,27-28H2,(H,46,51,52)/t35-,37?,40+/m1/s1. The smallest absolute Gasteiger partial charge is 0.259 e. The number of piperazine rings is 1. The third-order valence-corrected chi connectivity index (χ3v) is 12.3. The van der Waals surface area contributed by atoms with Gasteiger partial charge in [0.2, 0.25) is 18.6 Å². The molecule has 0 saturated carbocycles. The number of amides is 3. The zero-order chi connectivity index (χ0) is 38.2. The van der Waals surface area contributed by atoms with Crippen molar-refractivity contribution in [3.63, 3.8) is 0 Å². The molecule has 2 saturated heterocycles. The van der Waals surface area contributed by atoms with Crippen LogP contribution in [0.1, 0.15) is 88.5 Å². The summed E-state index contributed by atoms with van der Waals surface area (Å²) in [5.41, 5.74) is 7.38. The summed E-state index contributed by atoms with van der Waals surface area (Å²) in [6.45, 7) is 5.58. The molecule has 290 valence electrons. The number of piperidine rings is 1. The van der Waals surface area contributed by atoms with E-state index < -0.39 is 11.9 Å². The monoisotopic (exact) mass is 756 g/mol. The highest BCUT2D eigenvalue weighted by Gasteiger charge is 2.43. The van der Waals surface area contributed by atoms with Gasteiger partial charge in [0.25, 0.3) is 5.91 Å². The minimum atomic E-state index is -0.673. The number of nitrogens with one attached hydrogen (secondary N) is 1. The number of aromatic hydroxyl groups is 1. The lowest BCUT2D eigenvalue weighted by atomic mass is 9.69. The van der Waals surface area contributed by atoms with Crippen molar-refractivity contribution in [1.29, 1.82) is 0 Å². The van der Waals surface area contributed by atoms with E-state index in [1.807, 2.05) is 18.2 Å². The topological polar surface area (TPSA) is 121 Å². The lowest BCUT2D eigenvalue weighted by Gasteiger charge is -2.36. The van der Waals surface area contributed by atoms with E-state index in [1.54, 1.807) is 4.90 Å². The summed E-state index contributed by atoms with van der Waals surface area (Å²) in [5.74, 6) is 1.90. The van der Waals surface area contributed by atoms with Crippen LogP contribution in [0.5, 0.6) is 23.0 Å². The molecular weight excluding hydrogens is 709 g/mol. The molecule has 4 aliphatic heterocycles. The molecule has 3 amide bonds. The van der Waals surface area contributed by atoms with Crippen molar-refractivity contribution in [3.05, 3.63) is 112 Å². The largest absolute Gasteiger partial charge is 0.508 e. The predicted molar refractivity (Wildman–Crippen MR) is 211 cm³/mol. The van der Waals surface area contributed by atoms with Gasteiger partial charge in [0.15, 0.2) is 11.5 Å². The molecule has 1 aliphatic carbocycles. The summed E-state index contributed by atoms with van der Waals surface area (Å²) < 4.78 is 17.9. The van der Waals surface area contributed by atoms with Gasteiger partial charge in [-0.25, -0.2) is 0 Å². The first-order chi connectivity index (χ1) is 27.4. The highest BCUT2D eigenvalue weighted by atomic mass is 16.7. The number of hydrogen-bond donors (Lipinski definition) is 2. The fraction of sp³-hybridized carbons (Fsp3) is 0.400. The highest BCUT2D eigenvalue weighted by Crippen LogP contribution is 2.49. The second-order valence-corrected chi connectivity index (χ2v) is 15.6. The van der Waals surface area contributed by atoms with Gasteiger partial charge in [-0.2, -0.15) is 0 Å². The van der Waals surface area contributed by atoms with E-state index in [4.69, 9.17) is 14.2 Å². The number of phenolic OH excluding ortho intramolecular Hbond substituents is 1. The summed E-state index contributed by atoms with van der Waals surface area (Å²) >= 11 is 0. The Labute approximate surface area is 327 Å². The minimum absolute atomic E-state index is 0.0525. The number of imide groups is 1. The third-order valence-electron chi connectivity index (χ3n) is 12.3. The molecule has 9 rings (SSSR count). The van der Waals surface area contributed by atoms with E-state index in [-0.39, 0.29) is 30.9 Å². The molecule has 2 N–H and O–H groups in total. The predicted octanol–water partition coefficient (Wildman–Crippen LogP) is 6.12. The van der Waals surface area contributed by atoms with Gasteiger partial charge in [-0.15, -0.1) is 0 Å². The van der Waals surface area contributed by atoms with Crippen molar-refractivity contribution < 1.29 is 33.7 Å². The lowest BCUT2D eigenvalue weighted by molar-refractivity contribution is -0.136. The Morgan fingerprint density at radius 2 is 1.59 bits per heavy atom. The molecular formula is C45H48N4O7. The minimum Gasteiger partial charge on any atom is -0.508 e. The zero-order valence-corrected chi connectivity index (χ0v) is 31.6. The van der Waals surface area contributed by atoms with E-state index >= 15 is 0 Å². The number of anilines is 1. The fourth-order valence-electron chi connectivity index (χ4n) is 9.39. The normalized spacial score (nSPS) is 21.9. The molecule has 0 aromatic heterocycles. The van der Waals surface area contributed by atoms with Crippen LogP contribution in [0.3, 0.4) is 0 Å². The number of rotatable bonds is 11. The van der Waals surface area contributed by atoms with Crippen molar-refractivity contribution in [2.24, 2.45) is 0 Å². The summed E-state index contributed by atoms with van der Waals surface area (Å²) in [6, 6.07) is 26.6. The van der Waals surface area contributed by atoms with E-state index in [0.717, 1.165) is 81.8 Å². The zero-order valence-electron chi connectivity index (χ0n) is 31.6. The Morgan fingerprint density at radius 1 is 0.786 bits per heavy atom. The fourth-order valence-corrected chi connectivity index (χ4v) is 9.39. The average molecular weight is 757 g/mol. The summed E-state index contributed by atoms with van der Waals surface area (Å²) in [7, 11) is 0. The Balaban J connectivity index is 0.746.